The summed E-state index contributed by atoms with van der Waals surface area (Å²) in [4.78, 5) is 23.7. The molecular formula is C15H26N4O2. The number of nitrogens with zero attached hydrogens (tertiary/aromatic N) is 1. The van der Waals surface area contributed by atoms with Crippen molar-refractivity contribution in [3.63, 3.8) is 0 Å². The van der Waals surface area contributed by atoms with Crippen LogP contribution < -0.4 is 16.4 Å². The highest BCUT2D eigenvalue weighted by Gasteiger charge is 2.28. The molecular weight excluding hydrogens is 268 g/mol. The quantitative estimate of drug-likeness (QED) is 0.692. The SMILES string of the molecule is CC(C)(C)C[C@H](N)C(=O)N[C@H](C#N)C[C@@H]1CCCNC1=O. The maximum absolute atomic E-state index is 12.0. The average Bonchev–Trinajstić information content (AvgIpc) is 2.38. The van der Waals surface area contributed by atoms with Crippen molar-refractivity contribution in [2.24, 2.45) is 17.1 Å². The Kier molecular flexibility index (Phi) is 6.16. The van der Waals surface area contributed by atoms with E-state index in [0.717, 1.165) is 12.8 Å². The first-order valence-corrected chi connectivity index (χ1v) is 7.46. The number of carbonyl (C=O) groups is 2. The molecule has 3 atom stereocenters. The largest absolute Gasteiger partial charge is 0.356 e. The van der Waals surface area contributed by atoms with Crippen LogP contribution in [0.5, 0.6) is 0 Å². The minimum Gasteiger partial charge on any atom is -0.356 e. The van der Waals surface area contributed by atoms with Gasteiger partial charge in [-0.3, -0.25) is 9.59 Å². The number of piperidine rings is 1. The number of rotatable bonds is 5. The molecule has 0 radical (unpaired) electrons. The van der Waals surface area contributed by atoms with Gasteiger partial charge in [-0.05, 0) is 31.1 Å². The van der Waals surface area contributed by atoms with Crippen molar-refractivity contribution < 1.29 is 9.59 Å². The molecule has 0 aliphatic carbocycles. The Morgan fingerprint density at radius 2 is 2.24 bits per heavy atom. The monoisotopic (exact) mass is 294 g/mol. The third-order valence-corrected chi connectivity index (χ3v) is 3.56. The van der Waals surface area contributed by atoms with Crippen molar-refractivity contribution >= 4 is 11.8 Å². The first-order chi connectivity index (χ1) is 9.73. The molecule has 4 N–H and O–H groups in total. The number of hydrogen-bond acceptors (Lipinski definition) is 4. The molecule has 0 aromatic heterocycles. The molecule has 1 aliphatic heterocycles. The van der Waals surface area contributed by atoms with Crippen molar-refractivity contribution in [3.05, 3.63) is 0 Å². The van der Waals surface area contributed by atoms with Gasteiger partial charge in [0.2, 0.25) is 11.8 Å². The van der Waals surface area contributed by atoms with Gasteiger partial charge in [-0.1, -0.05) is 20.8 Å². The van der Waals surface area contributed by atoms with E-state index in [4.69, 9.17) is 11.0 Å². The second-order valence-electron chi connectivity index (χ2n) is 6.93. The van der Waals surface area contributed by atoms with E-state index in [0.29, 0.717) is 19.4 Å². The fraction of sp³-hybridized carbons (Fsp3) is 0.800. The summed E-state index contributed by atoms with van der Waals surface area (Å²) in [5.41, 5.74) is 5.81. The number of nitrogens with two attached hydrogens (primary N) is 1. The highest BCUT2D eigenvalue weighted by atomic mass is 16.2. The third kappa shape index (κ3) is 6.13. The summed E-state index contributed by atoms with van der Waals surface area (Å²) in [6.07, 6.45) is 2.55. The molecule has 6 heteroatoms. The summed E-state index contributed by atoms with van der Waals surface area (Å²) >= 11 is 0. The smallest absolute Gasteiger partial charge is 0.237 e. The van der Waals surface area contributed by atoms with Gasteiger partial charge in [0, 0.05) is 12.5 Å². The molecule has 0 aromatic rings. The summed E-state index contributed by atoms with van der Waals surface area (Å²) in [6.45, 7) is 6.71. The van der Waals surface area contributed by atoms with Gasteiger partial charge < -0.3 is 16.4 Å². The van der Waals surface area contributed by atoms with Crippen molar-refractivity contribution in [1.82, 2.24) is 10.6 Å². The van der Waals surface area contributed by atoms with Crippen LogP contribution in [0.15, 0.2) is 0 Å². The molecule has 1 fully saturated rings. The Bertz CT molecular complexity index is 422. The molecule has 6 nitrogen and oxygen atoms in total. The van der Waals surface area contributed by atoms with Crippen LogP contribution in [0.4, 0.5) is 0 Å². The summed E-state index contributed by atoms with van der Waals surface area (Å²) in [5, 5.41) is 14.6. The standard InChI is InChI=1S/C15H26N4O2/c1-15(2,3)8-12(17)14(21)19-11(9-16)7-10-5-4-6-18-13(10)20/h10-12H,4-8,17H2,1-3H3,(H,18,20)(H,19,21)/t10-,11-,12-/m0/s1. The van der Waals surface area contributed by atoms with Crippen molar-refractivity contribution in [2.75, 3.05) is 6.54 Å². The van der Waals surface area contributed by atoms with Gasteiger partial charge in [0.1, 0.15) is 6.04 Å². The second kappa shape index (κ2) is 7.41. The minimum atomic E-state index is -0.669. The van der Waals surface area contributed by atoms with E-state index in [1.54, 1.807) is 0 Å². The van der Waals surface area contributed by atoms with Crippen LogP contribution in [0, 0.1) is 22.7 Å². The molecule has 1 aliphatic rings. The predicted octanol–water partition coefficient (Wildman–Crippen LogP) is 0.675. The highest BCUT2D eigenvalue weighted by Crippen LogP contribution is 2.20. The van der Waals surface area contributed by atoms with E-state index in [1.807, 2.05) is 20.8 Å². The summed E-state index contributed by atoms with van der Waals surface area (Å²) < 4.78 is 0. The highest BCUT2D eigenvalue weighted by molar-refractivity contribution is 5.82. The van der Waals surface area contributed by atoms with Crippen LogP contribution in [-0.4, -0.2) is 30.4 Å². The normalized spacial score (nSPS) is 21.9. The van der Waals surface area contributed by atoms with Gasteiger partial charge in [0.05, 0.1) is 12.1 Å². The van der Waals surface area contributed by atoms with Gasteiger partial charge in [0.15, 0.2) is 0 Å². The molecule has 1 heterocycles. The van der Waals surface area contributed by atoms with Crippen molar-refractivity contribution in [2.45, 2.75) is 58.5 Å². The zero-order chi connectivity index (χ0) is 16.0. The minimum absolute atomic E-state index is 0.0326. The number of nitrogens with one attached hydrogen (secondary N) is 2. The fourth-order valence-electron chi connectivity index (χ4n) is 2.52. The summed E-state index contributed by atoms with van der Waals surface area (Å²) in [7, 11) is 0. The maximum Gasteiger partial charge on any atom is 0.237 e. The molecule has 1 rings (SSSR count). The van der Waals surface area contributed by atoms with Gasteiger partial charge in [-0.2, -0.15) is 5.26 Å². The molecule has 0 spiro atoms. The topological polar surface area (TPSA) is 108 Å². The van der Waals surface area contributed by atoms with Crippen LogP contribution >= 0.6 is 0 Å². The van der Waals surface area contributed by atoms with Crippen LogP contribution in [-0.2, 0) is 9.59 Å². The van der Waals surface area contributed by atoms with Gasteiger partial charge in [-0.15, -0.1) is 0 Å². The average molecular weight is 294 g/mol. The van der Waals surface area contributed by atoms with Crippen LogP contribution in [0.1, 0.15) is 46.5 Å². The summed E-state index contributed by atoms with van der Waals surface area (Å²) in [5.74, 6) is -0.565. The second-order valence-corrected chi connectivity index (χ2v) is 6.93. The molecule has 0 aromatic carbocycles. The maximum atomic E-state index is 12.0. The van der Waals surface area contributed by atoms with E-state index in [2.05, 4.69) is 16.7 Å². The lowest BCUT2D eigenvalue weighted by Gasteiger charge is -2.26. The van der Waals surface area contributed by atoms with Crippen molar-refractivity contribution in [1.29, 1.82) is 5.26 Å². The first kappa shape index (κ1) is 17.4. The Morgan fingerprint density at radius 1 is 1.57 bits per heavy atom. The van der Waals surface area contributed by atoms with E-state index < -0.39 is 12.1 Å². The predicted molar refractivity (Wildman–Crippen MR) is 79.9 cm³/mol. The van der Waals surface area contributed by atoms with Gasteiger partial charge in [-0.25, -0.2) is 0 Å². The van der Waals surface area contributed by atoms with Crippen LogP contribution in [0.3, 0.4) is 0 Å². The Balaban J connectivity index is 2.51. The molecule has 2 amide bonds. The first-order valence-electron chi connectivity index (χ1n) is 7.46. The van der Waals surface area contributed by atoms with Gasteiger partial charge >= 0.3 is 0 Å². The lowest BCUT2D eigenvalue weighted by atomic mass is 9.88. The number of carbonyl (C=O) groups excluding carboxylic acids is 2. The number of amides is 2. The molecule has 21 heavy (non-hydrogen) atoms. The number of hydrogen-bond donors (Lipinski definition) is 3. The molecule has 0 unspecified atom stereocenters. The van der Waals surface area contributed by atoms with E-state index in [-0.39, 0.29) is 23.1 Å². The molecule has 1 saturated heterocycles. The lowest BCUT2D eigenvalue weighted by molar-refractivity contribution is -0.128. The molecule has 0 saturated carbocycles. The third-order valence-electron chi connectivity index (χ3n) is 3.56. The Morgan fingerprint density at radius 3 is 2.76 bits per heavy atom. The summed E-state index contributed by atoms with van der Waals surface area (Å²) in [6, 6.07) is 0.744. The molecule has 118 valence electrons. The van der Waals surface area contributed by atoms with Gasteiger partial charge in [0.25, 0.3) is 0 Å². The lowest BCUT2D eigenvalue weighted by Crippen LogP contribution is -2.48. The Labute approximate surface area is 126 Å². The van der Waals surface area contributed by atoms with Crippen LogP contribution in [0.25, 0.3) is 0 Å². The van der Waals surface area contributed by atoms with E-state index in [9.17, 15) is 9.59 Å². The zero-order valence-electron chi connectivity index (χ0n) is 13.1. The Hall–Kier alpha value is -1.61. The molecule has 0 bridgehead atoms. The van der Waals surface area contributed by atoms with Crippen molar-refractivity contribution in [3.8, 4) is 6.07 Å². The van der Waals surface area contributed by atoms with E-state index >= 15 is 0 Å². The zero-order valence-corrected chi connectivity index (χ0v) is 13.1. The number of nitriles is 1. The fourth-order valence-corrected chi connectivity index (χ4v) is 2.52. The van der Waals surface area contributed by atoms with E-state index in [1.165, 1.54) is 0 Å². The van der Waals surface area contributed by atoms with Crippen LogP contribution in [0.2, 0.25) is 0 Å².